The minimum Gasteiger partial charge on any atom is -0.497 e. The molecule has 8 nitrogen and oxygen atoms in total. The first-order chi connectivity index (χ1) is 17.4. The van der Waals surface area contributed by atoms with E-state index in [-0.39, 0.29) is 28.4 Å². The highest BCUT2D eigenvalue weighted by Gasteiger charge is 2.48. The molecule has 2 aliphatic heterocycles. The van der Waals surface area contributed by atoms with Gasteiger partial charge in [0.1, 0.15) is 40.5 Å². The van der Waals surface area contributed by atoms with Crippen LogP contribution in [0.5, 0.6) is 23.0 Å². The third kappa shape index (κ3) is 4.52. The molecular formula is C28H30O8S. The third-order valence-electron chi connectivity index (χ3n) is 6.96. The van der Waals surface area contributed by atoms with E-state index in [0.717, 1.165) is 17.5 Å². The van der Waals surface area contributed by atoms with Gasteiger partial charge in [0.05, 0.1) is 7.11 Å². The molecular weight excluding hydrogens is 496 g/mol. The fourth-order valence-electron chi connectivity index (χ4n) is 4.79. The van der Waals surface area contributed by atoms with Gasteiger partial charge in [-0.25, -0.2) is 0 Å². The van der Waals surface area contributed by atoms with Crippen LogP contribution in [0.3, 0.4) is 0 Å². The summed E-state index contributed by atoms with van der Waals surface area (Å²) in [6.45, 7) is 5.55. The van der Waals surface area contributed by atoms with Crippen LogP contribution in [0.4, 0.5) is 0 Å². The summed E-state index contributed by atoms with van der Waals surface area (Å²) in [5, 5.41) is 23.2. The monoisotopic (exact) mass is 526 g/mol. The van der Waals surface area contributed by atoms with Gasteiger partial charge in [-0.2, -0.15) is 8.42 Å². The molecule has 2 heterocycles. The molecule has 3 aromatic carbocycles. The lowest BCUT2D eigenvalue weighted by Crippen LogP contribution is -2.44. The zero-order chi connectivity index (χ0) is 26.6. The molecule has 37 heavy (non-hydrogen) atoms. The van der Waals surface area contributed by atoms with Gasteiger partial charge in [0.2, 0.25) is 0 Å². The maximum absolute atomic E-state index is 13.1. The van der Waals surface area contributed by atoms with E-state index in [1.165, 1.54) is 31.4 Å². The van der Waals surface area contributed by atoms with Crippen molar-refractivity contribution in [2.75, 3.05) is 13.7 Å². The second kappa shape index (κ2) is 8.93. The Balaban J connectivity index is 1.55. The fourth-order valence-corrected chi connectivity index (χ4v) is 5.73. The topological polar surface area (TPSA) is 112 Å². The van der Waals surface area contributed by atoms with E-state index in [0.29, 0.717) is 29.2 Å². The van der Waals surface area contributed by atoms with Gasteiger partial charge in [0.15, 0.2) is 11.4 Å². The Morgan fingerprint density at radius 1 is 1.05 bits per heavy atom. The van der Waals surface area contributed by atoms with Gasteiger partial charge < -0.3 is 28.6 Å². The second-order valence-corrected chi connectivity index (χ2v) is 11.7. The van der Waals surface area contributed by atoms with Gasteiger partial charge in [0.25, 0.3) is 0 Å². The average molecular weight is 527 g/mol. The molecule has 0 aromatic heterocycles. The molecule has 2 unspecified atom stereocenters. The number of methoxy groups -OCH3 is 1. The minimum atomic E-state index is -4.25. The summed E-state index contributed by atoms with van der Waals surface area (Å²) in [5.41, 5.74) is -0.136. The van der Waals surface area contributed by atoms with Crippen molar-refractivity contribution in [1.82, 2.24) is 0 Å². The molecule has 0 saturated heterocycles. The zero-order valence-corrected chi connectivity index (χ0v) is 22.0. The van der Waals surface area contributed by atoms with E-state index in [1.807, 2.05) is 20.8 Å². The van der Waals surface area contributed by atoms with Gasteiger partial charge in [-0.15, -0.1) is 0 Å². The number of aliphatic hydroxyl groups is 2. The molecule has 5 rings (SSSR count). The SMILES string of the molecule is COc1ccc(C2(O)COc3c(ccc4c3CCC(C)(C)O4)C2O)c(OS(=O)(=O)c2ccc(C)cc2)c1. The second-order valence-electron chi connectivity index (χ2n) is 10.2. The van der Waals surface area contributed by atoms with Crippen molar-refractivity contribution in [3.05, 3.63) is 76.9 Å². The van der Waals surface area contributed by atoms with Crippen LogP contribution >= 0.6 is 0 Å². The lowest BCUT2D eigenvalue weighted by molar-refractivity contribution is -0.122. The summed E-state index contributed by atoms with van der Waals surface area (Å²) in [5.74, 6) is 1.32. The van der Waals surface area contributed by atoms with Crippen LogP contribution in [0.2, 0.25) is 0 Å². The normalized spacial score (nSPS) is 22.2. The fraction of sp³-hybridized carbons (Fsp3) is 0.357. The lowest BCUT2D eigenvalue weighted by atomic mass is 9.81. The van der Waals surface area contributed by atoms with Gasteiger partial charge in [0, 0.05) is 22.8 Å². The van der Waals surface area contributed by atoms with Gasteiger partial charge >= 0.3 is 10.1 Å². The molecule has 0 saturated carbocycles. The molecule has 0 fully saturated rings. The quantitative estimate of drug-likeness (QED) is 0.476. The number of hydrogen-bond donors (Lipinski definition) is 2. The zero-order valence-electron chi connectivity index (χ0n) is 21.1. The van der Waals surface area contributed by atoms with Crippen molar-refractivity contribution in [1.29, 1.82) is 0 Å². The first-order valence-corrected chi connectivity index (χ1v) is 13.4. The lowest BCUT2D eigenvalue weighted by Gasteiger charge is -2.41. The Bertz CT molecular complexity index is 1450. The van der Waals surface area contributed by atoms with Crippen LogP contribution in [0.15, 0.2) is 59.5 Å². The molecule has 9 heteroatoms. The highest BCUT2D eigenvalue weighted by Crippen LogP contribution is 2.51. The predicted molar refractivity (Wildman–Crippen MR) is 136 cm³/mol. The molecule has 196 valence electrons. The van der Waals surface area contributed by atoms with E-state index in [9.17, 15) is 18.6 Å². The van der Waals surface area contributed by atoms with Crippen LogP contribution in [-0.2, 0) is 22.1 Å². The average Bonchev–Trinajstić information content (AvgIpc) is 2.85. The molecule has 0 aliphatic carbocycles. The van der Waals surface area contributed by atoms with E-state index in [4.69, 9.17) is 18.4 Å². The summed E-state index contributed by atoms with van der Waals surface area (Å²) >= 11 is 0. The van der Waals surface area contributed by atoms with Crippen LogP contribution < -0.4 is 18.4 Å². The van der Waals surface area contributed by atoms with Crippen molar-refractivity contribution in [3.63, 3.8) is 0 Å². The maximum Gasteiger partial charge on any atom is 0.339 e. The summed E-state index contributed by atoms with van der Waals surface area (Å²) in [6, 6.07) is 14.0. The number of aliphatic hydroxyl groups excluding tert-OH is 1. The first kappa shape index (κ1) is 25.4. The van der Waals surface area contributed by atoms with Crippen molar-refractivity contribution < 1.29 is 37.0 Å². The van der Waals surface area contributed by atoms with Crippen molar-refractivity contribution in [2.45, 2.75) is 55.8 Å². The number of rotatable bonds is 5. The highest BCUT2D eigenvalue weighted by molar-refractivity contribution is 7.87. The third-order valence-corrected chi connectivity index (χ3v) is 8.21. The Morgan fingerprint density at radius 3 is 2.49 bits per heavy atom. The van der Waals surface area contributed by atoms with Gasteiger partial charge in [-0.05, 0) is 70.0 Å². The Hall–Kier alpha value is -3.27. The molecule has 0 amide bonds. The molecule has 0 spiro atoms. The van der Waals surface area contributed by atoms with Crippen molar-refractivity contribution in [3.8, 4) is 23.0 Å². The number of ether oxygens (including phenoxy) is 3. The Kier molecular flexibility index (Phi) is 6.13. The minimum absolute atomic E-state index is 0.0424. The molecule has 0 radical (unpaired) electrons. The van der Waals surface area contributed by atoms with Crippen LogP contribution in [0, 0.1) is 6.92 Å². The first-order valence-electron chi connectivity index (χ1n) is 12.0. The number of fused-ring (bicyclic) bond motifs is 3. The molecule has 3 aromatic rings. The smallest absolute Gasteiger partial charge is 0.339 e. The molecule has 2 N–H and O–H groups in total. The van der Waals surface area contributed by atoms with E-state index in [1.54, 1.807) is 30.3 Å². The van der Waals surface area contributed by atoms with E-state index < -0.39 is 21.8 Å². The molecule has 2 atom stereocenters. The summed E-state index contributed by atoms with van der Waals surface area (Å²) in [6.07, 6.45) is 0.0462. The van der Waals surface area contributed by atoms with E-state index >= 15 is 0 Å². The Labute approximate surface area is 216 Å². The Morgan fingerprint density at radius 2 is 1.78 bits per heavy atom. The number of aryl methyl sites for hydroxylation is 1. The number of benzene rings is 3. The predicted octanol–water partition coefficient (Wildman–Crippen LogP) is 4.19. The molecule has 2 aliphatic rings. The van der Waals surface area contributed by atoms with Crippen molar-refractivity contribution >= 4 is 10.1 Å². The van der Waals surface area contributed by atoms with Crippen LogP contribution in [-0.4, -0.2) is 37.9 Å². The van der Waals surface area contributed by atoms with E-state index in [2.05, 4.69) is 0 Å². The summed E-state index contributed by atoms with van der Waals surface area (Å²) < 4.78 is 49.1. The molecule has 0 bridgehead atoms. The largest absolute Gasteiger partial charge is 0.497 e. The van der Waals surface area contributed by atoms with Gasteiger partial charge in [-0.3, -0.25) is 0 Å². The standard InChI is InChI=1S/C28H30O8S/c1-17-5-8-19(9-6-17)37(31,32)36-24-15-18(33-4)7-11-22(24)28(30)16-34-25-20-13-14-27(2,3)35-23(20)12-10-21(25)26(28)29/h5-12,15,26,29-30H,13-14,16H2,1-4H3. The van der Waals surface area contributed by atoms with Crippen LogP contribution in [0.1, 0.15) is 48.6 Å². The summed E-state index contributed by atoms with van der Waals surface area (Å²) in [7, 11) is -2.82. The van der Waals surface area contributed by atoms with Crippen molar-refractivity contribution in [2.24, 2.45) is 0 Å². The van der Waals surface area contributed by atoms with Gasteiger partial charge in [-0.1, -0.05) is 17.7 Å². The summed E-state index contributed by atoms with van der Waals surface area (Å²) in [4.78, 5) is -0.0424. The number of hydrogen-bond acceptors (Lipinski definition) is 8. The van der Waals surface area contributed by atoms with Crippen LogP contribution in [0.25, 0.3) is 0 Å². The highest BCUT2D eigenvalue weighted by atomic mass is 32.2. The maximum atomic E-state index is 13.1.